The Balaban J connectivity index is 2.07. The lowest BCUT2D eigenvalue weighted by atomic mass is 10.0. The van der Waals surface area contributed by atoms with Gasteiger partial charge in [0.2, 0.25) is 0 Å². The summed E-state index contributed by atoms with van der Waals surface area (Å²) in [5, 5.41) is 8.79. The van der Waals surface area contributed by atoms with Crippen LogP contribution in [0, 0.1) is 11.3 Å². The van der Waals surface area contributed by atoms with Gasteiger partial charge in [-0.15, -0.1) is 0 Å². The molecule has 0 saturated heterocycles. The predicted octanol–water partition coefficient (Wildman–Crippen LogP) is 3.08. The van der Waals surface area contributed by atoms with E-state index in [1.165, 1.54) is 0 Å². The monoisotopic (exact) mass is 260 g/mol. The normalized spacial score (nSPS) is 15.3. The van der Waals surface area contributed by atoms with Gasteiger partial charge in [0.25, 0.3) is 5.91 Å². The van der Waals surface area contributed by atoms with Crippen LogP contribution in [0.25, 0.3) is 11.6 Å². The molecule has 0 saturated carbocycles. The van der Waals surface area contributed by atoms with Crippen LogP contribution in [-0.2, 0) is 4.79 Å². The summed E-state index contributed by atoms with van der Waals surface area (Å²) < 4.78 is 0. The van der Waals surface area contributed by atoms with Crippen molar-refractivity contribution < 1.29 is 4.79 Å². The molecule has 1 aliphatic rings. The Labute approximate surface area is 117 Å². The van der Waals surface area contributed by atoms with Crippen LogP contribution in [0.1, 0.15) is 16.7 Å². The second kappa shape index (κ2) is 4.67. The van der Waals surface area contributed by atoms with Gasteiger partial charge in [0, 0.05) is 18.2 Å². The Morgan fingerprint density at radius 1 is 1.10 bits per heavy atom. The van der Waals surface area contributed by atoms with Crippen LogP contribution in [0.15, 0.2) is 48.5 Å². The average Bonchev–Trinajstić information content (AvgIpc) is 2.74. The molecule has 0 radical (unpaired) electrons. The van der Waals surface area contributed by atoms with Gasteiger partial charge in [-0.3, -0.25) is 4.79 Å². The molecule has 3 nitrogen and oxygen atoms in total. The van der Waals surface area contributed by atoms with E-state index in [0.717, 1.165) is 16.8 Å². The van der Waals surface area contributed by atoms with E-state index in [-0.39, 0.29) is 5.91 Å². The molecule has 2 aromatic rings. The second-order valence-corrected chi connectivity index (χ2v) is 4.67. The van der Waals surface area contributed by atoms with Crippen molar-refractivity contribution in [2.45, 2.75) is 0 Å². The molecule has 0 bridgehead atoms. The third-order valence-electron chi connectivity index (χ3n) is 3.44. The number of nitriles is 1. The molecular weight excluding hydrogens is 248 g/mol. The molecule has 0 aliphatic carbocycles. The highest BCUT2D eigenvalue weighted by atomic mass is 16.2. The summed E-state index contributed by atoms with van der Waals surface area (Å²) >= 11 is 0. The highest BCUT2D eigenvalue weighted by molar-refractivity contribution is 6.35. The largest absolute Gasteiger partial charge is 0.311 e. The number of carbonyl (C=O) groups is 1. The summed E-state index contributed by atoms with van der Waals surface area (Å²) in [5.41, 5.74) is 4.09. The van der Waals surface area contributed by atoms with E-state index in [9.17, 15) is 4.79 Å². The maximum absolute atomic E-state index is 12.3. The zero-order valence-corrected chi connectivity index (χ0v) is 11.0. The average molecular weight is 260 g/mol. The van der Waals surface area contributed by atoms with Gasteiger partial charge >= 0.3 is 0 Å². The van der Waals surface area contributed by atoms with Gasteiger partial charge in [0.15, 0.2) is 0 Å². The number of fused-ring (bicyclic) bond motifs is 1. The number of nitrogens with zero attached hydrogens (tertiary/aromatic N) is 2. The van der Waals surface area contributed by atoms with Crippen LogP contribution in [-0.4, -0.2) is 13.0 Å². The van der Waals surface area contributed by atoms with E-state index in [1.807, 2.05) is 42.5 Å². The second-order valence-electron chi connectivity index (χ2n) is 4.67. The summed E-state index contributed by atoms with van der Waals surface area (Å²) in [6.07, 6.45) is 1.87. The van der Waals surface area contributed by atoms with E-state index in [0.29, 0.717) is 11.1 Å². The number of rotatable bonds is 1. The number of para-hydroxylation sites is 1. The van der Waals surface area contributed by atoms with Crippen molar-refractivity contribution in [1.29, 1.82) is 5.26 Å². The van der Waals surface area contributed by atoms with Gasteiger partial charge in [0.05, 0.1) is 17.3 Å². The first-order valence-electron chi connectivity index (χ1n) is 6.30. The van der Waals surface area contributed by atoms with E-state index in [4.69, 9.17) is 5.26 Å². The number of hydrogen-bond donors (Lipinski definition) is 0. The van der Waals surface area contributed by atoms with Crippen LogP contribution in [0.2, 0.25) is 0 Å². The van der Waals surface area contributed by atoms with Crippen molar-refractivity contribution >= 4 is 23.2 Å². The van der Waals surface area contributed by atoms with Crippen molar-refractivity contribution in [1.82, 2.24) is 0 Å². The lowest BCUT2D eigenvalue weighted by Crippen LogP contribution is -2.20. The number of carbonyl (C=O) groups excluding carboxylic acids is 1. The van der Waals surface area contributed by atoms with Crippen molar-refractivity contribution in [2.75, 3.05) is 11.9 Å². The maximum atomic E-state index is 12.3. The molecule has 0 fully saturated rings. The van der Waals surface area contributed by atoms with Gasteiger partial charge in [-0.25, -0.2) is 0 Å². The topological polar surface area (TPSA) is 44.1 Å². The molecule has 0 aromatic heterocycles. The highest BCUT2D eigenvalue weighted by Crippen LogP contribution is 2.36. The maximum Gasteiger partial charge on any atom is 0.258 e. The first-order chi connectivity index (χ1) is 9.70. The Hall–Kier alpha value is -2.86. The van der Waals surface area contributed by atoms with Crippen LogP contribution in [0.5, 0.6) is 0 Å². The summed E-state index contributed by atoms with van der Waals surface area (Å²) in [4.78, 5) is 14.0. The fourth-order valence-electron chi connectivity index (χ4n) is 2.36. The summed E-state index contributed by atoms with van der Waals surface area (Å²) in [6.45, 7) is 0. The zero-order valence-electron chi connectivity index (χ0n) is 11.0. The van der Waals surface area contributed by atoms with E-state index in [1.54, 1.807) is 24.1 Å². The lowest BCUT2D eigenvalue weighted by Gasteiger charge is -2.07. The Morgan fingerprint density at radius 3 is 2.50 bits per heavy atom. The molecule has 0 spiro atoms. The molecule has 1 amide bonds. The van der Waals surface area contributed by atoms with Crippen molar-refractivity contribution in [3.63, 3.8) is 0 Å². The number of benzene rings is 2. The van der Waals surface area contributed by atoms with Gasteiger partial charge in [-0.2, -0.15) is 5.26 Å². The fourth-order valence-corrected chi connectivity index (χ4v) is 2.36. The van der Waals surface area contributed by atoms with E-state index in [2.05, 4.69) is 6.07 Å². The zero-order chi connectivity index (χ0) is 14.1. The molecule has 3 rings (SSSR count). The molecule has 2 aromatic carbocycles. The van der Waals surface area contributed by atoms with Crippen LogP contribution in [0.3, 0.4) is 0 Å². The number of amides is 1. The lowest BCUT2D eigenvalue weighted by molar-refractivity contribution is -0.112. The molecule has 0 atom stereocenters. The SMILES string of the molecule is CN1C(=O)C(=Cc2ccc(C#N)cc2)c2ccccc21. The van der Waals surface area contributed by atoms with Crippen LogP contribution >= 0.6 is 0 Å². The molecule has 0 N–H and O–H groups in total. The van der Waals surface area contributed by atoms with Crippen molar-refractivity contribution in [3.8, 4) is 6.07 Å². The van der Waals surface area contributed by atoms with Gasteiger partial charge in [-0.1, -0.05) is 30.3 Å². The Morgan fingerprint density at radius 2 is 1.80 bits per heavy atom. The van der Waals surface area contributed by atoms with E-state index >= 15 is 0 Å². The minimum atomic E-state index is -0.00411. The molecule has 3 heteroatoms. The third kappa shape index (κ3) is 1.88. The molecule has 0 unspecified atom stereocenters. The predicted molar refractivity (Wildman–Crippen MR) is 78.9 cm³/mol. The quantitative estimate of drug-likeness (QED) is 0.739. The fraction of sp³-hybridized carbons (Fsp3) is 0.0588. The molecule has 20 heavy (non-hydrogen) atoms. The van der Waals surface area contributed by atoms with Crippen molar-refractivity contribution in [2.24, 2.45) is 0 Å². The number of hydrogen-bond acceptors (Lipinski definition) is 2. The Kier molecular flexibility index (Phi) is 2.85. The Bertz CT molecular complexity index is 751. The molecule has 1 heterocycles. The van der Waals surface area contributed by atoms with Gasteiger partial charge < -0.3 is 4.90 Å². The summed E-state index contributed by atoms with van der Waals surface area (Å²) in [7, 11) is 1.78. The van der Waals surface area contributed by atoms with Gasteiger partial charge in [0.1, 0.15) is 0 Å². The first-order valence-corrected chi connectivity index (χ1v) is 6.30. The minimum Gasteiger partial charge on any atom is -0.311 e. The third-order valence-corrected chi connectivity index (χ3v) is 3.44. The van der Waals surface area contributed by atoms with Crippen LogP contribution in [0.4, 0.5) is 5.69 Å². The first kappa shape index (κ1) is 12.2. The van der Waals surface area contributed by atoms with E-state index < -0.39 is 0 Å². The van der Waals surface area contributed by atoms with Crippen molar-refractivity contribution in [3.05, 3.63) is 65.2 Å². The molecule has 96 valence electrons. The summed E-state index contributed by atoms with van der Waals surface area (Å²) in [6, 6.07) is 17.0. The highest BCUT2D eigenvalue weighted by Gasteiger charge is 2.28. The smallest absolute Gasteiger partial charge is 0.258 e. The van der Waals surface area contributed by atoms with Gasteiger partial charge in [-0.05, 0) is 29.8 Å². The molecular formula is C17H12N2O. The number of anilines is 1. The van der Waals surface area contributed by atoms with Crippen LogP contribution < -0.4 is 4.90 Å². The molecule has 1 aliphatic heterocycles. The summed E-state index contributed by atoms with van der Waals surface area (Å²) in [5.74, 6) is -0.00411. The number of likely N-dealkylation sites (N-methyl/N-ethyl adjacent to an activating group) is 1. The minimum absolute atomic E-state index is 0.00411. The standard InChI is InChI=1S/C17H12N2O/c1-19-16-5-3-2-4-14(16)15(17(19)20)10-12-6-8-13(11-18)9-7-12/h2-10H,1H3.